The van der Waals surface area contributed by atoms with Crippen LogP contribution in [0.15, 0.2) is 36.4 Å². The zero-order valence-corrected chi connectivity index (χ0v) is 13.2. The van der Waals surface area contributed by atoms with Crippen molar-refractivity contribution in [1.29, 1.82) is 0 Å². The summed E-state index contributed by atoms with van der Waals surface area (Å²) in [6.45, 7) is 1.59. The molecule has 2 aromatic rings. The van der Waals surface area contributed by atoms with Gasteiger partial charge in [0.1, 0.15) is 5.82 Å². The summed E-state index contributed by atoms with van der Waals surface area (Å²) < 4.78 is 18.6. The molecule has 0 amide bonds. The maximum absolute atomic E-state index is 13.7. The third kappa shape index (κ3) is 3.68. The molecule has 0 saturated heterocycles. The summed E-state index contributed by atoms with van der Waals surface area (Å²) in [4.78, 5) is 22.0. The van der Waals surface area contributed by atoms with Gasteiger partial charge in [0.15, 0.2) is 5.75 Å². The number of carboxylic acids is 1. The van der Waals surface area contributed by atoms with Gasteiger partial charge in [0.05, 0.1) is 18.0 Å². The fourth-order valence-corrected chi connectivity index (χ4v) is 2.41. The Morgan fingerprint density at radius 2 is 2.04 bits per heavy atom. The summed E-state index contributed by atoms with van der Waals surface area (Å²) in [6.07, 6.45) is 0.00265. The highest BCUT2D eigenvalue weighted by molar-refractivity contribution is 5.76. The Labute approximate surface area is 137 Å². The van der Waals surface area contributed by atoms with E-state index in [2.05, 4.69) is 0 Å². The molecule has 0 aliphatic rings. The van der Waals surface area contributed by atoms with Gasteiger partial charge in [0, 0.05) is 6.07 Å². The summed E-state index contributed by atoms with van der Waals surface area (Å²) in [6, 6.07) is 8.51. The lowest BCUT2D eigenvalue weighted by Crippen LogP contribution is -2.15. The highest BCUT2D eigenvalue weighted by Gasteiger charge is 2.23. The molecule has 7 heteroatoms. The van der Waals surface area contributed by atoms with Crippen molar-refractivity contribution in [3.8, 4) is 5.75 Å². The molecule has 0 saturated carbocycles. The second-order valence-corrected chi connectivity index (χ2v) is 5.37. The summed E-state index contributed by atoms with van der Waals surface area (Å²) in [5, 5.41) is 20.5. The largest absolute Gasteiger partial charge is 0.490 e. The molecule has 1 N–H and O–H groups in total. The number of carboxylic acid groups (broad SMARTS) is 1. The van der Waals surface area contributed by atoms with Crippen molar-refractivity contribution >= 4 is 11.7 Å². The number of hydrogen-bond donors (Lipinski definition) is 1. The van der Waals surface area contributed by atoms with Crippen molar-refractivity contribution < 1.29 is 24.0 Å². The Balaban J connectivity index is 2.38. The van der Waals surface area contributed by atoms with Crippen LogP contribution in [-0.2, 0) is 11.2 Å². The van der Waals surface area contributed by atoms with Crippen LogP contribution >= 0.6 is 0 Å². The minimum atomic E-state index is -1.13. The predicted molar refractivity (Wildman–Crippen MR) is 84.9 cm³/mol. The molecular weight excluding hydrogens is 317 g/mol. The Bertz CT molecular complexity index is 791. The molecular formula is C17H16FNO5. The van der Waals surface area contributed by atoms with Crippen molar-refractivity contribution in [3.05, 3.63) is 69.0 Å². The van der Waals surface area contributed by atoms with Gasteiger partial charge in [-0.25, -0.2) is 4.39 Å². The Morgan fingerprint density at radius 3 is 2.58 bits per heavy atom. The lowest BCUT2D eigenvalue weighted by molar-refractivity contribution is -0.385. The number of methoxy groups -OCH3 is 1. The summed E-state index contributed by atoms with van der Waals surface area (Å²) >= 11 is 0. The molecule has 24 heavy (non-hydrogen) atoms. The van der Waals surface area contributed by atoms with Crippen molar-refractivity contribution in [2.24, 2.45) is 0 Å². The predicted octanol–water partition coefficient (Wildman–Crippen LogP) is 3.46. The smallest absolute Gasteiger partial charge is 0.311 e. The zero-order chi connectivity index (χ0) is 17.9. The number of ether oxygens (including phenoxy) is 1. The van der Waals surface area contributed by atoms with E-state index >= 15 is 0 Å². The van der Waals surface area contributed by atoms with Gasteiger partial charge in [-0.1, -0.05) is 18.2 Å². The number of hydrogen-bond acceptors (Lipinski definition) is 4. The monoisotopic (exact) mass is 333 g/mol. The first-order valence-electron chi connectivity index (χ1n) is 7.13. The third-order valence-electron chi connectivity index (χ3n) is 3.78. The fraction of sp³-hybridized carbons (Fsp3) is 0.235. The topological polar surface area (TPSA) is 89.7 Å². The summed E-state index contributed by atoms with van der Waals surface area (Å²) in [7, 11) is 1.32. The van der Waals surface area contributed by atoms with E-state index < -0.39 is 22.6 Å². The van der Waals surface area contributed by atoms with Crippen molar-refractivity contribution in [2.45, 2.75) is 19.3 Å². The molecule has 126 valence electrons. The first-order chi connectivity index (χ1) is 11.3. The molecule has 0 heterocycles. The molecule has 2 rings (SSSR count). The molecule has 2 aromatic carbocycles. The lowest BCUT2D eigenvalue weighted by atomic mass is 9.91. The normalized spacial score (nSPS) is 11.8. The average molecular weight is 333 g/mol. The Hall–Kier alpha value is -2.96. The molecule has 1 unspecified atom stereocenters. The maximum atomic E-state index is 13.7. The van der Waals surface area contributed by atoms with Gasteiger partial charge in [-0.2, -0.15) is 0 Å². The number of nitro groups is 1. The van der Waals surface area contributed by atoms with E-state index in [1.807, 2.05) is 0 Å². The maximum Gasteiger partial charge on any atom is 0.311 e. The van der Waals surface area contributed by atoms with E-state index in [0.717, 1.165) is 0 Å². The second kappa shape index (κ2) is 7.08. The van der Waals surface area contributed by atoms with Crippen LogP contribution in [-0.4, -0.2) is 23.1 Å². The second-order valence-electron chi connectivity index (χ2n) is 5.37. The number of aliphatic carboxylic acids is 1. The molecule has 0 aromatic heterocycles. The SMILES string of the molecule is COc1ccc(CC(C(=O)O)c2ccc(C)c(F)c2)cc1[N+](=O)[O-]. The van der Waals surface area contributed by atoms with Crippen LogP contribution in [0.5, 0.6) is 5.75 Å². The Morgan fingerprint density at radius 1 is 1.33 bits per heavy atom. The molecule has 0 radical (unpaired) electrons. The van der Waals surface area contributed by atoms with Crippen LogP contribution in [0.2, 0.25) is 0 Å². The van der Waals surface area contributed by atoms with E-state index in [0.29, 0.717) is 16.7 Å². The van der Waals surface area contributed by atoms with E-state index in [-0.39, 0.29) is 17.9 Å². The minimum absolute atomic E-state index is 0.00265. The van der Waals surface area contributed by atoms with Crippen molar-refractivity contribution in [1.82, 2.24) is 0 Å². The van der Waals surface area contributed by atoms with E-state index in [1.54, 1.807) is 19.1 Å². The molecule has 0 fully saturated rings. The molecule has 0 spiro atoms. The number of nitro benzene ring substituents is 1. The van der Waals surface area contributed by atoms with E-state index in [1.165, 1.54) is 31.4 Å². The number of rotatable bonds is 6. The van der Waals surface area contributed by atoms with Crippen LogP contribution in [0.25, 0.3) is 0 Å². The van der Waals surface area contributed by atoms with Gasteiger partial charge in [0.25, 0.3) is 0 Å². The van der Waals surface area contributed by atoms with Crippen LogP contribution in [0, 0.1) is 22.9 Å². The number of nitrogens with zero attached hydrogens (tertiary/aromatic N) is 1. The van der Waals surface area contributed by atoms with E-state index in [9.17, 15) is 24.4 Å². The third-order valence-corrected chi connectivity index (χ3v) is 3.78. The molecule has 6 nitrogen and oxygen atoms in total. The van der Waals surface area contributed by atoms with Gasteiger partial charge in [0.2, 0.25) is 0 Å². The average Bonchev–Trinajstić information content (AvgIpc) is 2.54. The summed E-state index contributed by atoms with van der Waals surface area (Å²) in [5.74, 6) is -2.53. The molecule has 0 aliphatic heterocycles. The molecule has 0 aliphatic carbocycles. The number of carbonyl (C=O) groups is 1. The number of halogens is 1. The first kappa shape index (κ1) is 17.4. The van der Waals surface area contributed by atoms with Gasteiger partial charge < -0.3 is 9.84 Å². The molecule has 1 atom stereocenters. The highest BCUT2D eigenvalue weighted by Crippen LogP contribution is 2.30. The van der Waals surface area contributed by atoms with Crippen LogP contribution in [0.1, 0.15) is 22.6 Å². The Kier molecular flexibility index (Phi) is 5.13. The van der Waals surface area contributed by atoms with Gasteiger partial charge in [-0.3, -0.25) is 14.9 Å². The fourth-order valence-electron chi connectivity index (χ4n) is 2.41. The number of benzene rings is 2. The minimum Gasteiger partial charge on any atom is -0.490 e. The number of aryl methyl sites for hydroxylation is 1. The summed E-state index contributed by atoms with van der Waals surface area (Å²) in [5.41, 5.74) is 0.942. The van der Waals surface area contributed by atoms with Crippen LogP contribution in [0.4, 0.5) is 10.1 Å². The van der Waals surface area contributed by atoms with Gasteiger partial charge in [-0.15, -0.1) is 0 Å². The molecule has 0 bridgehead atoms. The van der Waals surface area contributed by atoms with Gasteiger partial charge >= 0.3 is 11.7 Å². The van der Waals surface area contributed by atoms with Gasteiger partial charge in [-0.05, 0) is 42.2 Å². The standard InChI is InChI=1S/C17H16FNO5/c1-10-3-5-12(9-14(10)18)13(17(20)21)7-11-4-6-16(24-2)15(8-11)19(22)23/h3-6,8-9,13H,7H2,1-2H3,(H,20,21). The van der Waals surface area contributed by atoms with Crippen LogP contribution in [0.3, 0.4) is 0 Å². The quantitative estimate of drug-likeness (QED) is 0.646. The lowest BCUT2D eigenvalue weighted by Gasteiger charge is -2.14. The van der Waals surface area contributed by atoms with Crippen molar-refractivity contribution in [3.63, 3.8) is 0 Å². The highest BCUT2D eigenvalue weighted by atomic mass is 19.1. The first-order valence-corrected chi connectivity index (χ1v) is 7.13. The van der Waals surface area contributed by atoms with Crippen molar-refractivity contribution in [2.75, 3.05) is 7.11 Å². The zero-order valence-electron chi connectivity index (χ0n) is 13.2. The van der Waals surface area contributed by atoms with E-state index in [4.69, 9.17) is 4.74 Å². The van der Waals surface area contributed by atoms with Crippen LogP contribution < -0.4 is 4.74 Å².